The SMILES string of the molecule is C.CN.CN=C(N)N.Cc1ccc[nH]1. The van der Waals surface area contributed by atoms with Gasteiger partial charge in [0.15, 0.2) is 5.96 Å². The van der Waals surface area contributed by atoms with Crippen LogP contribution in [0.3, 0.4) is 0 Å². The van der Waals surface area contributed by atoms with E-state index >= 15 is 0 Å². The summed E-state index contributed by atoms with van der Waals surface area (Å²) in [6.45, 7) is 2.03. The highest BCUT2D eigenvalue weighted by molar-refractivity contribution is 5.75. The van der Waals surface area contributed by atoms with Crippen LogP contribution < -0.4 is 17.2 Å². The van der Waals surface area contributed by atoms with Gasteiger partial charge in [0.05, 0.1) is 0 Å². The van der Waals surface area contributed by atoms with Crippen LogP contribution in [0.5, 0.6) is 0 Å². The maximum absolute atomic E-state index is 4.82. The van der Waals surface area contributed by atoms with Crippen LogP contribution in [0.2, 0.25) is 0 Å². The van der Waals surface area contributed by atoms with Crippen LogP contribution in [0, 0.1) is 6.92 Å². The van der Waals surface area contributed by atoms with Gasteiger partial charge >= 0.3 is 0 Å². The molecule has 0 amide bonds. The van der Waals surface area contributed by atoms with E-state index in [-0.39, 0.29) is 13.4 Å². The normalized spacial score (nSPS) is 6.57. The second-order valence-electron chi connectivity index (χ2n) is 2.00. The lowest BCUT2D eigenvalue weighted by Crippen LogP contribution is -2.21. The number of H-pyrrole nitrogens is 1. The van der Waals surface area contributed by atoms with Gasteiger partial charge in [-0.05, 0) is 26.1 Å². The standard InChI is InChI=1S/C5H7N.C2H7N3.CH5N.CH4/c1-5-3-2-4-6-5;1-5-2(3)4;1-2;/h2-4,6H,1H3;1H3,(H4,3,4,5);2H2,1H3;1H4. The molecule has 1 aromatic heterocycles. The Morgan fingerprint density at radius 3 is 1.86 bits per heavy atom. The van der Waals surface area contributed by atoms with Crippen molar-refractivity contribution in [1.29, 1.82) is 0 Å². The summed E-state index contributed by atoms with van der Waals surface area (Å²) in [5.74, 6) is 0.130. The average molecular weight is 201 g/mol. The first kappa shape index (κ1) is 18.3. The van der Waals surface area contributed by atoms with E-state index in [0.29, 0.717) is 0 Å². The zero-order valence-corrected chi connectivity index (χ0v) is 8.41. The summed E-state index contributed by atoms with van der Waals surface area (Å²) in [4.78, 5) is 6.36. The van der Waals surface area contributed by atoms with Crippen LogP contribution >= 0.6 is 0 Å². The number of hydrogen-bond acceptors (Lipinski definition) is 2. The second kappa shape index (κ2) is 14.1. The van der Waals surface area contributed by atoms with Crippen LogP contribution in [0.1, 0.15) is 13.1 Å². The first-order chi connectivity index (χ1) is 6.16. The number of nitrogens with two attached hydrogens (primary N) is 3. The molecule has 1 rings (SSSR count). The number of nitrogens with zero attached hydrogens (tertiary/aromatic N) is 1. The van der Waals surface area contributed by atoms with Gasteiger partial charge in [0, 0.05) is 18.9 Å². The monoisotopic (exact) mass is 201 g/mol. The molecule has 0 bridgehead atoms. The van der Waals surface area contributed by atoms with Gasteiger partial charge in [0.2, 0.25) is 0 Å². The highest BCUT2D eigenvalue weighted by atomic mass is 15.0. The number of aromatic nitrogens is 1. The Bertz CT molecular complexity index is 199. The third-order valence-electron chi connectivity index (χ3n) is 1.01. The molecule has 0 spiro atoms. The zero-order valence-electron chi connectivity index (χ0n) is 8.41. The molecule has 5 nitrogen and oxygen atoms in total. The summed E-state index contributed by atoms with van der Waals surface area (Å²) in [6.07, 6.45) is 1.91. The first-order valence-corrected chi connectivity index (χ1v) is 3.82. The topological polar surface area (TPSA) is 106 Å². The number of aryl methyl sites for hydroxylation is 1. The molecule has 0 unspecified atom stereocenters. The Morgan fingerprint density at radius 2 is 1.79 bits per heavy atom. The summed E-state index contributed by atoms with van der Waals surface area (Å²) in [7, 11) is 3.04. The van der Waals surface area contributed by atoms with Gasteiger partial charge < -0.3 is 22.2 Å². The van der Waals surface area contributed by atoms with Gasteiger partial charge in [-0.2, -0.15) is 0 Å². The Balaban J connectivity index is -0.000000141. The predicted octanol–water partition coefficient (Wildman–Crippen LogP) is 0.424. The van der Waals surface area contributed by atoms with Gasteiger partial charge in [-0.25, -0.2) is 0 Å². The van der Waals surface area contributed by atoms with Crippen LogP contribution in [0.25, 0.3) is 0 Å². The van der Waals surface area contributed by atoms with Gasteiger partial charge in [-0.15, -0.1) is 0 Å². The Hall–Kier alpha value is -1.49. The van der Waals surface area contributed by atoms with E-state index < -0.39 is 0 Å². The van der Waals surface area contributed by atoms with Gasteiger partial charge in [-0.3, -0.25) is 4.99 Å². The van der Waals surface area contributed by atoms with E-state index in [2.05, 4.69) is 15.7 Å². The number of rotatable bonds is 0. The molecule has 5 heteroatoms. The van der Waals surface area contributed by atoms with Crippen LogP contribution in [0.15, 0.2) is 23.3 Å². The highest BCUT2D eigenvalue weighted by Gasteiger charge is 1.72. The minimum Gasteiger partial charge on any atom is -0.370 e. The molecule has 0 saturated heterocycles. The molecular formula is C9H23N5. The smallest absolute Gasteiger partial charge is 0.185 e. The summed E-state index contributed by atoms with van der Waals surface area (Å²) < 4.78 is 0. The molecule has 0 aliphatic heterocycles. The molecule has 1 heterocycles. The number of aliphatic imine (C=N–C) groups is 1. The molecule has 1 aromatic rings. The first-order valence-electron chi connectivity index (χ1n) is 3.82. The van der Waals surface area contributed by atoms with Crippen molar-refractivity contribution < 1.29 is 0 Å². The molecule has 0 aliphatic rings. The van der Waals surface area contributed by atoms with Gasteiger partial charge in [0.25, 0.3) is 0 Å². The van der Waals surface area contributed by atoms with Crippen molar-refractivity contribution in [3.63, 3.8) is 0 Å². The minimum absolute atomic E-state index is 0. The van der Waals surface area contributed by atoms with E-state index in [1.165, 1.54) is 19.8 Å². The van der Waals surface area contributed by atoms with Crippen molar-refractivity contribution in [3.8, 4) is 0 Å². The van der Waals surface area contributed by atoms with E-state index in [4.69, 9.17) is 11.5 Å². The van der Waals surface area contributed by atoms with Crippen LogP contribution in [-0.4, -0.2) is 25.0 Å². The fourth-order valence-electron chi connectivity index (χ4n) is 0.420. The predicted molar refractivity (Wildman–Crippen MR) is 64.1 cm³/mol. The van der Waals surface area contributed by atoms with Gasteiger partial charge in [-0.1, -0.05) is 7.43 Å². The van der Waals surface area contributed by atoms with E-state index in [1.807, 2.05) is 25.3 Å². The Morgan fingerprint density at radius 1 is 1.36 bits per heavy atom. The second-order valence-corrected chi connectivity index (χ2v) is 2.00. The van der Waals surface area contributed by atoms with Crippen molar-refractivity contribution in [3.05, 3.63) is 24.0 Å². The molecule has 0 aromatic carbocycles. The fourth-order valence-corrected chi connectivity index (χ4v) is 0.420. The highest BCUT2D eigenvalue weighted by Crippen LogP contribution is 1.86. The van der Waals surface area contributed by atoms with Crippen molar-refractivity contribution >= 4 is 5.96 Å². The van der Waals surface area contributed by atoms with Crippen molar-refractivity contribution in [1.82, 2.24) is 4.98 Å². The van der Waals surface area contributed by atoms with Gasteiger partial charge in [0.1, 0.15) is 0 Å². The summed E-state index contributed by atoms with van der Waals surface area (Å²) >= 11 is 0. The number of guanidine groups is 1. The number of nitrogens with one attached hydrogen (secondary N) is 1. The molecule has 14 heavy (non-hydrogen) atoms. The third kappa shape index (κ3) is 16.9. The minimum atomic E-state index is 0. The van der Waals surface area contributed by atoms with E-state index in [1.54, 1.807) is 0 Å². The van der Waals surface area contributed by atoms with Crippen LogP contribution in [-0.2, 0) is 0 Å². The lowest BCUT2D eigenvalue weighted by atomic mass is 10.5. The molecule has 7 N–H and O–H groups in total. The molecule has 0 saturated carbocycles. The third-order valence-corrected chi connectivity index (χ3v) is 1.01. The lowest BCUT2D eigenvalue weighted by molar-refractivity contribution is 1.27. The molecule has 0 fully saturated rings. The molecule has 0 aliphatic carbocycles. The van der Waals surface area contributed by atoms with Crippen LogP contribution in [0.4, 0.5) is 0 Å². The van der Waals surface area contributed by atoms with Crippen molar-refractivity contribution in [2.24, 2.45) is 22.2 Å². The fraction of sp³-hybridized carbons (Fsp3) is 0.444. The largest absolute Gasteiger partial charge is 0.370 e. The Labute approximate surface area is 86.4 Å². The number of aromatic amines is 1. The van der Waals surface area contributed by atoms with E-state index in [9.17, 15) is 0 Å². The molecular weight excluding hydrogens is 178 g/mol. The summed E-state index contributed by atoms with van der Waals surface area (Å²) in [5, 5.41) is 0. The Kier molecular flexibility index (Phi) is 18.4. The lowest BCUT2D eigenvalue weighted by Gasteiger charge is -1.77. The maximum Gasteiger partial charge on any atom is 0.185 e. The van der Waals surface area contributed by atoms with E-state index in [0.717, 1.165) is 0 Å². The summed E-state index contributed by atoms with van der Waals surface area (Å²) in [5.41, 5.74) is 15.4. The zero-order chi connectivity index (χ0) is 10.7. The van der Waals surface area contributed by atoms with Crippen molar-refractivity contribution in [2.45, 2.75) is 14.4 Å². The molecule has 0 atom stereocenters. The quantitative estimate of drug-likeness (QED) is 0.361. The molecule has 0 radical (unpaired) electrons. The maximum atomic E-state index is 4.82. The molecule has 84 valence electrons. The van der Waals surface area contributed by atoms with Crippen molar-refractivity contribution in [2.75, 3.05) is 14.1 Å². The summed E-state index contributed by atoms with van der Waals surface area (Å²) in [6, 6.07) is 4.01. The number of hydrogen-bond donors (Lipinski definition) is 4. The average Bonchev–Trinajstić information content (AvgIpc) is 2.60.